The molecule has 0 bridgehead atoms. The highest BCUT2D eigenvalue weighted by Gasteiger charge is 2.22. The Hall–Kier alpha value is -0.630. The van der Waals surface area contributed by atoms with Crippen LogP contribution in [0.15, 0.2) is 27.6 Å². The van der Waals surface area contributed by atoms with Gasteiger partial charge in [0, 0.05) is 36.8 Å². The van der Waals surface area contributed by atoms with E-state index in [4.69, 9.17) is 5.73 Å². The molecule has 5 nitrogen and oxygen atoms in total. The molecule has 0 aliphatic rings. The minimum atomic E-state index is -3.59. The van der Waals surface area contributed by atoms with Gasteiger partial charge < -0.3 is 10.6 Å². The standard InChI is InChI=1S/C14H24BrN3O2S/c1-4-5-6-11(10-16)17-21(19,20)14-9-12(18(2)3)7-8-13(14)15/h7-9,11,17H,4-6,10,16H2,1-3H3. The van der Waals surface area contributed by atoms with Gasteiger partial charge >= 0.3 is 0 Å². The molecule has 0 saturated carbocycles. The molecular formula is C14H24BrN3O2S. The Balaban J connectivity index is 3.03. The molecule has 1 atom stereocenters. The number of hydrogen-bond acceptors (Lipinski definition) is 4. The normalized spacial score (nSPS) is 13.2. The smallest absolute Gasteiger partial charge is 0.242 e. The Bertz CT molecular complexity index is 561. The lowest BCUT2D eigenvalue weighted by molar-refractivity contribution is 0.516. The van der Waals surface area contributed by atoms with Gasteiger partial charge in [0.1, 0.15) is 0 Å². The van der Waals surface area contributed by atoms with Crippen molar-refractivity contribution in [2.24, 2.45) is 5.73 Å². The van der Waals surface area contributed by atoms with Crippen molar-refractivity contribution < 1.29 is 8.42 Å². The lowest BCUT2D eigenvalue weighted by Crippen LogP contribution is -2.40. The highest BCUT2D eigenvalue weighted by Crippen LogP contribution is 2.26. The van der Waals surface area contributed by atoms with Crippen LogP contribution in [0, 0.1) is 0 Å². The lowest BCUT2D eigenvalue weighted by atomic mass is 10.1. The maximum atomic E-state index is 12.5. The number of anilines is 1. The SMILES string of the molecule is CCCCC(CN)NS(=O)(=O)c1cc(N(C)C)ccc1Br. The fraction of sp³-hybridized carbons (Fsp3) is 0.571. The van der Waals surface area contributed by atoms with Gasteiger partial charge in [0.2, 0.25) is 10.0 Å². The number of halogens is 1. The minimum absolute atomic E-state index is 0.232. The number of unbranched alkanes of at least 4 members (excludes halogenated alkanes) is 1. The number of benzene rings is 1. The predicted octanol–water partition coefficient (Wildman–Crippen LogP) is 2.31. The predicted molar refractivity (Wildman–Crippen MR) is 91.2 cm³/mol. The van der Waals surface area contributed by atoms with Gasteiger partial charge in [-0.2, -0.15) is 0 Å². The summed E-state index contributed by atoms with van der Waals surface area (Å²) in [7, 11) is 0.152. The summed E-state index contributed by atoms with van der Waals surface area (Å²) in [6.45, 7) is 2.36. The molecule has 0 aliphatic carbocycles. The summed E-state index contributed by atoms with van der Waals surface area (Å²) in [5.74, 6) is 0. The first-order valence-corrected chi connectivity index (χ1v) is 9.28. The van der Waals surface area contributed by atoms with E-state index in [-0.39, 0.29) is 10.9 Å². The van der Waals surface area contributed by atoms with Gasteiger partial charge in [-0.25, -0.2) is 13.1 Å². The van der Waals surface area contributed by atoms with E-state index in [0.717, 1.165) is 24.9 Å². The van der Waals surface area contributed by atoms with Crippen molar-refractivity contribution >= 4 is 31.6 Å². The monoisotopic (exact) mass is 377 g/mol. The van der Waals surface area contributed by atoms with Crippen LogP contribution in [0.4, 0.5) is 5.69 Å². The van der Waals surface area contributed by atoms with Crippen LogP contribution < -0.4 is 15.4 Å². The van der Waals surface area contributed by atoms with E-state index in [1.165, 1.54) is 0 Å². The topological polar surface area (TPSA) is 75.4 Å². The van der Waals surface area contributed by atoms with Gasteiger partial charge in [-0.15, -0.1) is 0 Å². The van der Waals surface area contributed by atoms with Gasteiger partial charge in [0.15, 0.2) is 0 Å². The molecule has 1 aromatic carbocycles. The van der Waals surface area contributed by atoms with Crippen molar-refractivity contribution in [3.8, 4) is 0 Å². The van der Waals surface area contributed by atoms with Crippen molar-refractivity contribution in [2.75, 3.05) is 25.5 Å². The minimum Gasteiger partial charge on any atom is -0.378 e. The van der Waals surface area contributed by atoms with Crippen molar-refractivity contribution in [2.45, 2.75) is 37.1 Å². The van der Waals surface area contributed by atoms with Crippen LogP contribution in [0.25, 0.3) is 0 Å². The van der Waals surface area contributed by atoms with Crippen molar-refractivity contribution in [1.29, 1.82) is 0 Å². The molecule has 0 radical (unpaired) electrons. The molecule has 3 N–H and O–H groups in total. The molecule has 0 heterocycles. The van der Waals surface area contributed by atoms with Crippen LogP contribution in [0.5, 0.6) is 0 Å². The molecule has 21 heavy (non-hydrogen) atoms. The molecule has 0 saturated heterocycles. The van der Waals surface area contributed by atoms with Crippen molar-refractivity contribution in [3.63, 3.8) is 0 Å². The molecular weight excluding hydrogens is 354 g/mol. The summed E-state index contributed by atoms with van der Waals surface area (Å²) in [6.07, 6.45) is 2.71. The fourth-order valence-electron chi connectivity index (χ4n) is 1.93. The molecule has 120 valence electrons. The first-order valence-electron chi connectivity index (χ1n) is 7.01. The van der Waals surface area contributed by atoms with Crippen LogP contribution in [0.2, 0.25) is 0 Å². The van der Waals surface area contributed by atoms with E-state index in [1.54, 1.807) is 12.1 Å². The van der Waals surface area contributed by atoms with Gasteiger partial charge in [-0.3, -0.25) is 0 Å². The summed E-state index contributed by atoms with van der Waals surface area (Å²) in [5, 5.41) is 0. The van der Waals surface area contributed by atoms with Crippen molar-refractivity contribution in [3.05, 3.63) is 22.7 Å². The van der Waals surface area contributed by atoms with E-state index >= 15 is 0 Å². The maximum Gasteiger partial charge on any atom is 0.242 e. The van der Waals surface area contributed by atoms with E-state index in [2.05, 4.69) is 27.6 Å². The Morgan fingerprint density at radius 2 is 2.05 bits per heavy atom. The third kappa shape index (κ3) is 5.25. The number of nitrogens with one attached hydrogen (secondary N) is 1. The number of nitrogens with zero attached hydrogens (tertiary/aromatic N) is 1. The summed E-state index contributed by atoms with van der Waals surface area (Å²) in [6, 6.07) is 5.03. The molecule has 0 aliphatic heterocycles. The average molecular weight is 378 g/mol. The fourth-order valence-corrected chi connectivity index (χ4v) is 4.20. The molecule has 0 spiro atoms. The third-order valence-corrected chi connectivity index (χ3v) is 5.75. The van der Waals surface area contributed by atoms with Crippen LogP contribution >= 0.6 is 15.9 Å². The molecule has 0 fully saturated rings. The zero-order valence-electron chi connectivity index (χ0n) is 12.8. The Labute approximate surface area is 136 Å². The molecule has 7 heteroatoms. The first kappa shape index (κ1) is 18.4. The first-order chi connectivity index (χ1) is 9.81. The Kier molecular flexibility index (Phi) is 7.12. The highest BCUT2D eigenvalue weighted by atomic mass is 79.9. The second kappa shape index (κ2) is 8.12. The van der Waals surface area contributed by atoms with Crippen LogP contribution in [0.1, 0.15) is 26.2 Å². The molecule has 1 rings (SSSR count). The number of rotatable bonds is 8. The van der Waals surface area contributed by atoms with Crippen LogP contribution in [0.3, 0.4) is 0 Å². The number of sulfonamides is 1. The van der Waals surface area contributed by atoms with E-state index in [1.807, 2.05) is 25.1 Å². The maximum absolute atomic E-state index is 12.5. The number of nitrogens with two attached hydrogens (primary N) is 1. The van der Waals surface area contributed by atoms with Gasteiger partial charge in [-0.1, -0.05) is 19.8 Å². The van der Waals surface area contributed by atoms with Crippen molar-refractivity contribution in [1.82, 2.24) is 4.72 Å². The lowest BCUT2D eigenvalue weighted by Gasteiger charge is -2.19. The van der Waals surface area contributed by atoms with Crippen LogP contribution in [-0.2, 0) is 10.0 Å². The van der Waals surface area contributed by atoms with Gasteiger partial charge in [0.05, 0.1) is 4.90 Å². The summed E-state index contributed by atoms with van der Waals surface area (Å²) in [4.78, 5) is 2.10. The zero-order chi connectivity index (χ0) is 16.0. The molecule has 1 aromatic rings. The second-order valence-electron chi connectivity index (χ2n) is 5.21. The molecule has 0 amide bonds. The molecule has 0 aromatic heterocycles. The van der Waals surface area contributed by atoms with E-state index in [9.17, 15) is 8.42 Å². The van der Waals surface area contributed by atoms with E-state index in [0.29, 0.717) is 11.0 Å². The Morgan fingerprint density at radius 1 is 1.38 bits per heavy atom. The number of hydrogen-bond donors (Lipinski definition) is 2. The van der Waals surface area contributed by atoms with E-state index < -0.39 is 10.0 Å². The van der Waals surface area contributed by atoms with Gasteiger partial charge in [0.25, 0.3) is 0 Å². The second-order valence-corrected chi connectivity index (χ2v) is 7.74. The average Bonchev–Trinajstić information content (AvgIpc) is 2.43. The summed E-state index contributed by atoms with van der Waals surface area (Å²) >= 11 is 3.31. The largest absolute Gasteiger partial charge is 0.378 e. The summed E-state index contributed by atoms with van der Waals surface area (Å²) < 4.78 is 28.3. The third-order valence-electron chi connectivity index (χ3n) is 3.23. The van der Waals surface area contributed by atoms with Crippen LogP contribution in [-0.4, -0.2) is 35.1 Å². The highest BCUT2D eigenvalue weighted by molar-refractivity contribution is 9.10. The summed E-state index contributed by atoms with van der Waals surface area (Å²) in [5.41, 5.74) is 6.50. The molecule has 1 unspecified atom stereocenters. The quantitative estimate of drug-likeness (QED) is 0.728. The Morgan fingerprint density at radius 3 is 2.57 bits per heavy atom. The van der Waals surface area contributed by atoms with Gasteiger partial charge in [-0.05, 0) is 40.5 Å². The zero-order valence-corrected chi connectivity index (χ0v) is 15.2.